The van der Waals surface area contributed by atoms with E-state index in [9.17, 15) is 0 Å². The van der Waals surface area contributed by atoms with E-state index in [0.717, 1.165) is 55.7 Å². The molecule has 0 radical (unpaired) electrons. The average Bonchev–Trinajstić information content (AvgIpc) is 2.70. The van der Waals surface area contributed by atoms with Crippen LogP contribution < -0.4 is 24.8 Å². The highest BCUT2D eigenvalue weighted by atomic mass is 127. The number of guanidine groups is 1. The molecule has 0 heterocycles. The summed E-state index contributed by atoms with van der Waals surface area (Å²) in [5.41, 5.74) is 0.363. The van der Waals surface area contributed by atoms with E-state index >= 15 is 0 Å². The summed E-state index contributed by atoms with van der Waals surface area (Å²) in [6.07, 6.45) is 5.79. The van der Waals surface area contributed by atoms with Gasteiger partial charge in [0.2, 0.25) is 0 Å². The zero-order valence-corrected chi connectivity index (χ0v) is 20.4. The maximum absolute atomic E-state index is 5.82. The molecular weight excluding hydrogens is 485 g/mol. The van der Waals surface area contributed by atoms with Crippen molar-refractivity contribution >= 4 is 29.9 Å². The maximum atomic E-state index is 5.82. The number of hydrogen-bond acceptors (Lipinski definition) is 5. The fourth-order valence-corrected chi connectivity index (χ4v) is 3.34. The number of nitrogens with zero attached hydrogens (tertiary/aromatic N) is 1. The summed E-state index contributed by atoms with van der Waals surface area (Å²) in [5, 5.41) is 6.83. The summed E-state index contributed by atoms with van der Waals surface area (Å²) in [7, 11) is 6.83. The predicted molar refractivity (Wildman–Crippen MR) is 127 cm³/mol. The van der Waals surface area contributed by atoms with Gasteiger partial charge < -0.3 is 29.6 Å². The molecule has 1 saturated carbocycles. The maximum Gasteiger partial charge on any atom is 0.190 e. The number of benzene rings is 1. The Kier molecular flexibility index (Phi) is 12.1. The topological polar surface area (TPSA) is 73.3 Å². The Labute approximate surface area is 191 Å². The van der Waals surface area contributed by atoms with E-state index in [2.05, 4.69) is 15.6 Å². The van der Waals surface area contributed by atoms with Crippen LogP contribution in [-0.4, -0.2) is 60.6 Å². The molecule has 0 bridgehead atoms. The van der Waals surface area contributed by atoms with Crippen LogP contribution in [0.3, 0.4) is 0 Å². The molecule has 8 heteroatoms. The second-order valence-corrected chi connectivity index (χ2v) is 7.20. The highest BCUT2D eigenvalue weighted by molar-refractivity contribution is 14.0. The van der Waals surface area contributed by atoms with Crippen LogP contribution in [0.2, 0.25) is 0 Å². The van der Waals surface area contributed by atoms with Crippen LogP contribution in [0.25, 0.3) is 0 Å². The molecule has 1 fully saturated rings. The van der Waals surface area contributed by atoms with Gasteiger partial charge in [0.15, 0.2) is 5.96 Å². The van der Waals surface area contributed by atoms with Crippen LogP contribution in [0.1, 0.15) is 32.1 Å². The lowest BCUT2D eigenvalue weighted by Crippen LogP contribution is -2.47. The van der Waals surface area contributed by atoms with Gasteiger partial charge in [0, 0.05) is 52.1 Å². The largest absolute Gasteiger partial charge is 0.496 e. The van der Waals surface area contributed by atoms with Crippen molar-refractivity contribution in [3.63, 3.8) is 0 Å². The Morgan fingerprint density at radius 3 is 2.17 bits per heavy atom. The van der Waals surface area contributed by atoms with Crippen molar-refractivity contribution in [2.45, 2.75) is 32.1 Å². The number of hydrogen-bond donors (Lipinski definition) is 2. The predicted octanol–water partition coefficient (Wildman–Crippen LogP) is 3.46. The van der Waals surface area contributed by atoms with Crippen molar-refractivity contribution in [1.82, 2.24) is 10.6 Å². The molecule has 0 unspecified atom stereocenters. The molecule has 2 rings (SSSR count). The van der Waals surface area contributed by atoms with Gasteiger partial charge in [-0.15, -0.1) is 24.0 Å². The van der Waals surface area contributed by atoms with Gasteiger partial charge in [-0.1, -0.05) is 6.42 Å². The Hall–Kier alpha value is -1.42. The van der Waals surface area contributed by atoms with Crippen LogP contribution in [0.15, 0.2) is 23.2 Å². The zero-order chi connectivity index (χ0) is 20.2. The van der Waals surface area contributed by atoms with Crippen LogP contribution in [0.4, 0.5) is 0 Å². The van der Waals surface area contributed by atoms with Gasteiger partial charge >= 0.3 is 0 Å². The van der Waals surface area contributed by atoms with E-state index < -0.39 is 0 Å². The highest BCUT2D eigenvalue weighted by Gasteiger charge is 2.36. The minimum atomic E-state index is 0. The summed E-state index contributed by atoms with van der Waals surface area (Å²) >= 11 is 0. The molecule has 7 nitrogen and oxygen atoms in total. The third-order valence-corrected chi connectivity index (χ3v) is 5.31. The van der Waals surface area contributed by atoms with E-state index in [1.54, 1.807) is 28.4 Å². The first kappa shape index (κ1) is 25.6. The molecule has 0 aromatic heterocycles. The molecule has 0 aliphatic heterocycles. The summed E-state index contributed by atoms with van der Waals surface area (Å²) in [4.78, 5) is 4.32. The molecule has 1 aromatic rings. The lowest BCUT2D eigenvalue weighted by Gasteiger charge is -2.42. The number of nitrogens with one attached hydrogen (secondary N) is 2. The summed E-state index contributed by atoms with van der Waals surface area (Å²) in [6.45, 7) is 3.14. The average molecular weight is 521 g/mol. The van der Waals surface area contributed by atoms with Gasteiger partial charge in [-0.3, -0.25) is 4.99 Å². The Morgan fingerprint density at radius 1 is 1.00 bits per heavy atom. The fraction of sp³-hybridized carbons (Fsp3) is 0.667. The molecule has 166 valence electrons. The number of rotatable bonds is 12. The number of methoxy groups -OCH3 is 3. The van der Waals surface area contributed by atoms with Crippen LogP contribution in [0.5, 0.6) is 17.2 Å². The second kappa shape index (κ2) is 13.7. The summed E-state index contributed by atoms with van der Waals surface area (Å²) < 4.78 is 21.6. The summed E-state index contributed by atoms with van der Waals surface area (Å²) in [5.74, 6) is 3.02. The molecular formula is C21H36IN3O4. The smallest absolute Gasteiger partial charge is 0.190 e. The van der Waals surface area contributed by atoms with Crippen molar-refractivity contribution in [3.05, 3.63) is 18.2 Å². The number of aliphatic imine (C=N–C) groups is 1. The van der Waals surface area contributed by atoms with E-state index in [1.165, 1.54) is 19.3 Å². The minimum absolute atomic E-state index is 0. The molecule has 29 heavy (non-hydrogen) atoms. The third-order valence-electron chi connectivity index (χ3n) is 5.31. The normalized spacial score (nSPS) is 15.0. The molecule has 0 spiro atoms. The number of ether oxygens (including phenoxy) is 4. The molecule has 2 N–H and O–H groups in total. The van der Waals surface area contributed by atoms with E-state index in [1.807, 2.05) is 18.2 Å². The van der Waals surface area contributed by atoms with Crippen molar-refractivity contribution in [2.75, 3.05) is 54.7 Å². The highest BCUT2D eigenvalue weighted by Crippen LogP contribution is 2.43. The zero-order valence-electron chi connectivity index (χ0n) is 18.1. The lowest BCUT2D eigenvalue weighted by molar-refractivity contribution is 0.0732. The van der Waals surface area contributed by atoms with E-state index in [0.29, 0.717) is 12.0 Å². The van der Waals surface area contributed by atoms with Crippen molar-refractivity contribution in [2.24, 2.45) is 10.4 Å². The third kappa shape index (κ3) is 8.46. The molecule has 1 aliphatic rings. The molecule has 0 saturated heterocycles. The van der Waals surface area contributed by atoms with Gasteiger partial charge in [-0.05, 0) is 31.1 Å². The molecule has 0 atom stereocenters. The van der Waals surface area contributed by atoms with Crippen molar-refractivity contribution in [3.8, 4) is 17.2 Å². The lowest BCUT2D eigenvalue weighted by atomic mass is 9.67. The van der Waals surface area contributed by atoms with Crippen LogP contribution >= 0.6 is 24.0 Å². The van der Waals surface area contributed by atoms with E-state index in [-0.39, 0.29) is 24.0 Å². The fourth-order valence-electron chi connectivity index (χ4n) is 3.34. The van der Waals surface area contributed by atoms with E-state index in [4.69, 9.17) is 18.9 Å². The molecule has 1 aromatic carbocycles. The van der Waals surface area contributed by atoms with Gasteiger partial charge in [0.05, 0.1) is 20.8 Å². The van der Waals surface area contributed by atoms with Gasteiger partial charge in [-0.2, -0.15) is 0 Å². The first-order valence-corrected chi connectivity index (χ1v) is 9.94. The molecule has 0 amide bonds. The summed E-state index contributed by atoms with van der Waals surface area (Å²) in [6, 6.07) is 5.54. The minimum Gasteiger partial charge on any atom is -0.496 e. The van der Waals surface area contributed by atoms with Crippen molar-refractivity contribution < 1.29 is 18.9 Å². The van der Waals surface area contributed by atoms with Crippen LogP contribution in [-0.2, 0) is 4.74 Å². The SMILES string of the molecule is CN=C(NCCCOc1cc(OC)cc(OC)c1)NCC1(CCOC)CCC1.I. The van der Waals surface area contributed by atoms with Gasteiger partial charge in [-0.25, -0.2) is 0 Å². The second-order valence-electron chi connectivity index (χ2n) is 7.20. The monoisotopic (exact) mass is 521 g/mol. The first-order chi connectivity index (χ1) is 13.6. The number of halogens is 1. The Bertz CT molecular complexity index is 602. The molecule has 1 aliphatic carbocycles. The van der Waals surface area contributed by atoms with Gasteiger partial charge in [0.25, 0.3) is 0 Å². The first-order valence-electron chi connectivity index (χ1n) is 9.94. The Morgan fingerprint density at radius 2 is 1.66 bits per heavy atom. The van der Waals surface area contributed by atoms with Crippen LogP contribution in [0, 0.1) is 5.41 Å². The van der Waals surface area contributed by atoms with Crippen molar-refractivity contribution in [1.29, 1.82) is 0 Å². The van der Waals surface area contributed by atoms with Gasteiger partial charge in [0.1, 0.15) is 17.2 Å². The quantitative estimate of drug-likeness (QED) is 0.190. The standard InChI is InChI=1S/C21H35N3O4.HI/c1-22-20(24-16-21(7-5-8-21)9-12-25-2)23-10-6-11-28-19-14-17(26-3)13-18(15-19)27-4;/h13-15H,5-12,16H2,1-4H3,(H2,22,23,24);1H. The Balaban J connectivity index is 0.00000420.